The van der Waals surface area contributed by atoms with Crippen LogP contribution in [0.15, 0.2) is 49.1 Å². The molecule has 84 valence electrons. The number of nitrogens with one attached hydrogen (secondary N) is 1. The van der Waals surface area contributed by atoms with Crippen LogP contribution in [-0.2, 0) is 0 Å². The van der Waals surface area contributed by atoms with Crippen LogP contribution >= 0.6 is 0 Å². The summed E-state index contributed by atoms with van der Waals surface area (Å²) in [6.45, 7) is 0. The standard InChI is InChI=1S/C12H10N4O/c17-15-9-1-3-10(4-2-9)16-8-14-11-7-13-6-5-12(11)16/h1-8,15,17H. The number of hydrogen-bond acceptors (Lipinski definition) is 4. The number of fused-ring (bicyclic) bond motifs is 1. The summed E-state index contributed by atoms with van der Waals surface area (Å²) >= 11 is 0. The van der Waals surface area contributed by atoms with Crippen molar-refractivity contribution in [2.75, 3.05) is 5.48 Å². The van der Waals surface area contributed by atoms with Gasteiger partial charge >= 0.3 is 0 Å². The maximum atomic E-state index is 8.75. The molecule has 2 N–H and O–H groups in total. The summed E-state index contributed by atoms with van der Waals surface area (Å²) in [5, 5.41) is 8.75. The van der Waals surface area contributed by atoms with Crippen molar-refractivity contribution in [2.45, 2.75) is 0 Å². The summed E-state index contributed by atoms with van der Waals surface area (Å²) in [6.07, 6.45) is 5.23. The molecule has 2 heterocycles. The summed E-state index contributed by atoms with van der Waals surface area (Å²) in [6, 6.07) is 9.31. The molecule has 0 spiro atoms. The highest BCUT2D eigenvalue weighted by Crippen LogP contribution is 2.18. The second-order valence-electron chi connectivity index (χ2n) is 3.64. The Kier molecular flexibility index (Phi) is 2.23. The molecule has 0 amide bonds. The zero-order valence-electron chi connectivity index (χ0n) is 8.91. The van der Waals surface area contributed by atoms with Gasteiger partial charge in [0, 0.05) is 11.9 Å². The average molecular weight is 226 g/mol. The van der Waals surface area contributed by atoms with E-state index in [1.807, 2.05) is 22.8 Å². The lowest BCUT2D eigenvalue weighted by atomic mass is 10.3. The van der Waals surface area contributed by atoms with Crippen LogP contribution in [0.3, 0.4) is 0 Å². The van der Waals surface area contributed by atoms with Crippen molar-refractivity contribution in [2.24, 2.45) is 0 Å². The third-order valence-electron chi connectivity index (χ3n) is 2.62. The molecule has 5 nitrogen and oxygen atoms in total. The van der Waals surface area contributed by atoms with Crippen LogP contribution in [0.5, 0.6) is 0 Å². The Bertz CT molecular complexity index is 645. The molecule has 0 saturated heterocycles. The van der Waals surface area contributed by atoms with Crippen LogP contribution in [0.25, 0.3) is 16.7 Å². The van der Waals surface area contributed by atoms with Crippen molar-refractivity contribution in [1.82, 2.24) is 14.5 Å². The number of nitrogens with zero attached hydrogens (tertiary/aromatic N) is 3. The molecule has 0 aliphatic heterocycles. The molecule has 0 aliphatic carbocycles. The van der Waals surface area contributed by atoms with Gasteiger partial charge in [0.2, 0.25) is 0 Å². The van der Waals surface area contributed by atoms with Gasteiger partial charge in [-0.05, 0) is 30.3 Å². The highest BCUT2D eigenvalue weighted by Gasteiger charge is 2.03. The third-order valence-corrected chi connectivity index (χ3v) is 2.62. The number of imidazole rings is 1. The van der Waals surface area contributed by atoms with Crippen molar-refractivity contribution in [3.63, 3.8) is 0 Å². The minimum absolute atomic E-state index is 0.653. The van der Waals surface area contributed by atoms with E-state index >= 15 is 0 Å². The normalized spacial score (nSPS) is 10.6. The van der Waals surface area contributed by atoms with Gasteiger partial charge in [-0.2, -0.15) is 0 Å². The maximum absolute atomic E-state index is 8.75. The Morgan fingerprint density at radius 2 is 1.94 bits per heavy atom. The van der Waals surface area contributed by atoms with E-state index in [-0.39, 0.29) is 0 Å². The van der Waals surface area contributed by atoms with Crippen LogP contribution in [-0.4, -0.2) is 19.7 Å². The highest BCUT2D eigenvalue weighted by atomic mass is 16.5. The molecule has 0 saturated carbocycles. The van der Waals surface area contributed by atoms with E-state index in [0.717, 1.165) is 16.7 Å². The number of hydrogen-bond donors (Lipinski definition) is 2. The molecule has 0 bridgehead atoms. The van der Waals surface area contributed by atoms with Crippen LogP contribution in [0, 0.1) is 0 Å². The smallest absolute Gasteiger partial charge is 0.107 e. The molecule has 0 unspecified atom stereocenters. The fraction of sp³-hybridized carbons (Fsp3) is 0. The Morgan fingerprint density at radius 3 is 2.71 bits per heavy atom. The minimum atomic E-state index is 0.653. The van der Waals surface area contributed by atoms with Crippen LogP contribution in [0.4, 0.5) is 5.69 Å². The van der Waals surface area contributed by atoms with Gasteiger partial charge in [-0.3, -0.25) is 20.2 Å². The van der Waals surface area contributed by atoms with E-state index < -0.39 is 0 Å². The summed E-state index contributed by atoms with van der Waals surface area (Å²) in [4.78, 5) is 8.30. The zero-order valence-corrected chi connectivity index (χ0v) is 8.91. The SMILES string of the molecule is ONc1ccc(-n2cnc3cnccc32)cc1. The Balaban J connectivity index is 2.13. The topological polar surface area (TPSA) is 63.0 Å². The molecular weight excluding hydrogens is 216 g/mol. The van der Waals surface area contributed by atoms with Crippen LogP contribution < -0.4 is 5.48 Å². The molecule has 3 aromatic rings. The first-order valence-electron chi connectivity index (χ1n) is 5.16. The molecule has 0 fully saturated rings. The summed E-state index contributed by atoms with van der Waals surface area (Å²) in [5.74, 6) is 0. The van der Waals surface area contributed by atoms with Gasteiger partial charge in [0.15, 0.2) is 0 Å². The second kappa shape index (κ2) is 3.88. The van der Waals surface area contributed by atoms with Gasteiger partial charge < -0.3 is 0 Å². The Hall–Kier alpha value is -2.40. The quantitative estimate of drug-likeness (QED) is 0.658. The van der Waals surface area contributed by atoms with Crippen molar-refractivity contribution in [3.8, 4) is 5.69 Å². The van der Waals surface area contributed by atoms with Crippen molar-refractivity contribution < 1.29 is 5.21 Å². The largest absolute Gasteiger partial charge is 0.299 e. The molecule has 0 aliphatic rings. The van der Waals surface area contributed by atoms with Gasteiger partial charge in [-0.15, -0.1) is 0 Å². The first-order valence-corrected chi connectivity index (χ1v) is 5.16. The molecule has 1 aromatic carbocycles. The van der Waals surface area contributed by atoms with Gasteiger partial charge in [0.1, 0.15) is 11.8 Å². The average Bonchev–Trinajstić information content (AvgIpc) is 2.83. The Labute approximate surface area is 97.3 Å². The first-order chi connectivity index (χ1) is 8.38. The number of aromatic nitrogens is 3. The van der Waals surface area contributed by atoms with E-state index in [0.29, 0.717) is 5.69 Å². The van der Waals surface area contributed by atoms with Crippen LogP contribution in [0.2, 0.25) is 0 Å². The van der Waals surface area contributed by atoms with E-state index in [2.05, 4.69) is 15.4 Å². The fourth-order valence-electron chi connectivity index (χ4n) is 1.77. The van der Waals surface area contributed by atoms with Crippen molar-refractivity contribution in [1.29, 1.82) is 0 Å². The molecule has 17 heavy (non-hydrogen) atoms. The molecule has 3 rings (SSSR count). The third kappa shape index (κ3) is 1.62. The van der Waals surface area contributed by atoms with E-state index in [4.69, 9.17) is 5.21 Å². The molecular formula is C12H10N4O. The predicted octanol–water partition coefficient (Wildman–Crippen LogP) is 2.22. The molecule has 0 radical (unpaired) electrons. The zero-order chi connectivity index (χ0) is 11.7. The fourth-order valence-corrected chi connectivity index (χ4v) is 1.77. The van der Waals surface area contributed by atoms with Crippen LogP contribution in [0.1, 0.15) is 0 Å². The summed E-state index contributed by atoms with van der Waals surface area (Å²) < 4.78 is 1.97. The maximum Gasteiger partial charge on any atom is 0.107 e. The van der Waals surface area contributed by atoms with Gasteiger partial charge in [0.05, 0.1) is 17.4 Å². The minimum Gasteiger partial charge on any atom is -0.299 e. The Morgan fingerprint density at radius 1 is 1.12 bits per heavy atom. The molecule has 2 aromatic heterocycles. The summed E-state index contributed by atoms with van der Waals surface area (Å²) in [5.41, 5.74) is 5.60. The van der Waals surface area contributed by atoms with Gasteiger partial charge in [-0.25, -0.2) is 4.98 Å². The van der Waals surface area contributed by atoms with E-state index in [1.54, 1.807) is 30.9 Å². The van der Waals surface area contributed by atoms with Crippen molar-refractivity contribution >= 4 is 16.7 Å². The van der Waals surface area contributed by atoms with Gasteiger partial charge in [0.25, 0.3) is 0 Å². The lowest BCUT2D eigenvalue weighted by Crippen LogP contribution is -1.93. The summed E-state index contributed by atoms with van der Waals surface area (Å²) in [7, 11) is 0. The lowest BCUT2D eigenvalue weighted by molar-refractivity contribution is 0.389. The first kappa shape index (κ1) is 9.80. The number of pyridine rings is 1. The van der Waals surface area contributed by atoms with Crippen molar-refractivity contribution in [3.05, 3.63) is 49.1 Å². The number of rotatable bonds is 2. The monoisotopic (exact) mass is 226 g/mol. The van der Waals surface area contributed by atoms with E-state index in [1.165, 1.54) is 0 Å². The molecule has 5 heteroatoms. The van der Waals surface area contributed by atoms with E-state index in [9.17, 15) is 0 Å². The highest BCUT2D eigenvalue weighted by molar-refractivity contribution is 5.76. The number of anilines is 1. The predicted molar refractivity (Wildman–Crippen MR) is 64.3 cm³/mol. The molecule has 0 atom stereocenters. The lowest BCUT2D eigenvalue weighted by Gasteiger charge is -2.05. The second-order valence-corrected chi connectivity index (χ2v) is 3.64. The number of benzene rings is 1. The van der Waals surface area contributed by atoms with Gasteiger partial charge in [-0.1, -0.05) is 0 Å².